The van der Waals surface area contributed by atoms with Crippen LogP contribution in [0.2, 0.25) is 0 Å². The molecule has 224 valence electrons. The van der Waals surface area contributed by atoms with Crippen molar-refractivity contribution in [3.8, 4) is 5.75 Å². The van der Waals surface area contributed by atoms with E-state index in [9.17, 15) is 9.59 Å². The fourth-order valence-electron chi connectivity index (χ4n) is 5.04. The lowest BCUT2D eigenvalue weighted by Gasteiger charge is -2.25. The van der Waals surface area contributed by atoms with E-state index in [1.807, 2.05) is 42.5 Å². The first-order chi connectivity index (χ1) is 20.2. The maximum Gasteiger partial charge on any atom is 0.349 e. The van der Waals surface area contributed by atoms with Gasteiger partial charge in [-0.3, -0.25) is 4.79 Å². The number of fused-ring (bicyclic) bond motifs is 3. The number of aromatic nitrogens is 3. The largest absolute Gasteiger partial charge is 0.476 e. The van der Waals surface area contributed by atoms with Gasteiger partial charge in [0, 0.05) is 31.4 Å². The number of unbranched alkanes of at least 4 members (excludes halogenated alkanes) is 1. The molecule has 2 N–H and O–H groups in total. The van der Waals surface area contributed by atoms with Gasteiger partial charge in [0.2, 0.25) is 5.91 Å². The number of benzene rings is 2. The lowest BCUT2D eigenvalue weighted by Crippen LogP contribution is -2.39. The molecule has 2 aromatic carbocycles. The smallest absolute Gasteiger partial charge is 0.349 e. The lowest BCUT2D eigenvalue weighted by molar-refractivity contribution is -0.158. The number of esters is 1. The minimum absolute atomic E-state index is 0.116. The zero-order valence-corrected chi connectivity index (χ0v) is 25.6. The van der Waals surface area contributed by atoms with Crippen LogP contribution in [0.5, 0.6) is 5.75 Å². The highest BCUT2D eigenvalue weighted by Crippen LogP contribution is 2.30. The molecule has 4 aromatic rings. The number of nitrogen functional groups attached to an aromatic ring is 1. The number of anilines is 1. The Kier molecular flexibility index (Phi) is 10.3. The summed E-state index contributed by atoms with van der Waals surface area (Å²) in [5.74, 6) is 1.20. The predicted molar refractivity (Wildman–Crippen MR) is 167 cm³/mol. The second-order valence-electron chi connectivity index (χ2n) is 10.8. The number of imidazole rings is 1. The van der Waals surface area contributed by atoms with Crippen molar-refractivity contribution in [2.75, 3.05) is 24.8 Å². The Labute approximate surface area is 252 Å². The second kappa shape index (κ2) is 13.9. The first-order valence-electron chi connectivity index (χ1n) is 14.5. The molecule has 0 radical (unpaired) electrons. The first-order valence-corrected chi connectivity index (χ1v) is 15.0. The van der Waals surface area contributed by atoms with Gasteiger partial charge in [-0.2, -0.15) is 0 Å². The van der Waals surface area contributed by atoms with E-state index >= 15 is 0 Å². The molecule has 4 rings (SSSR count). The molecule has 0 spiro atoms. The number of hydrogen-bond acceptors (Lipinski definition) is 7. The summed E-state index contributed by atoms with van der Waals surface area (Å²) in [4.78, 5) is 36.4. The van der Waals surface area contributed by atoms with Crippen molar-refractivity contribution < 1.29 is 19.1 Å². The third kappa shape index (κ3) is 7.13. The molecule has 0 atom stereocenters. The molecule has 0 bridgehead atoms. The molecule has 42 heavy (non-hydrogen) atoms. The lowest BCUT2D eigenvalue weighted by atomic mass is 10.1. The number of carbonyl (C=O) groups excluding carboxylic acids is 2. The van der Waals surface area contributed by atoms with E-state index in [1.54, 1.807) is 31.7 Å². The van der Waals surface area contributed by atoms with Crippen LogP contribution < -0.4 is 10.5 Å². The number of nitrogens with zero attached hydrogens (tertiary/aromatic N) is 4. The average Bonchev–Trinajstić information content (AvgIpc) is 3.34. The number of hydrogen-bond donors (Lipinski definition) is 1. The summed E-state index contributed by atoms with van der Waals surface area (Å²) in [6.45, 7) is 9.04. The van der Waals surface area contributed by atoms with Gasteiger partial charge in [0.05, 0.1) is 17.6 Å². The summed E-state index contributed by atoms with van der Waals surface area (Å²) in [7, 11) is 0. The fraction of sp³-hybridized carbons (Fsp3) is 0.438. The summed E-state index contributed by atoms with van der Waals surface area (Å²) in [5, 5.41) is 1.01. The zero-order chi connectivity index (χ0) is 30.3. The Morgan fingerprint density at radius 2 is 1.86 bits per heavy atom. The average molecular weight is 594 g/mol. The van der Waals surface area contributed by atoms with Gasteiger partial charge < -0.3 is 24.7 Å². The summed E-state index contributed by atoms with van der Waals surface area (Å²) in [5.41, 5.74) is 8.60. The number of aryl methyl sites for hydroxylation is 2. The molecule has 0 aliphatic rings. The number of para-hydroxylation sites is 1. The second-order valence-corrected chi connectivity index (χ2v) is 11.0. The third-order valence-electron chi connectivity index (χ3n) is 7.13. The SMILES string of the molecule is CCCCc1nc2c(N)nc3ccccc3c2n1CCCN(Cc1cccc(OC(C)(C)C(=O)OCC)c1)C(=O)CCl. The van der Waals surface area contributed by atoms with Crippen LogP contribution in [0.15, 0.2) is 48.5 Å². The van der Waals surface area contributed by atoms with E-state index in [1.165, 1.54) is 0 Å². The van der Waals surface area contributed by atoms with Crippen LogP contribution in [0, 0.1) is 0 Å². The normalized spacial score (nSPS) is 11.6. The Hall–Kier alpha value is -3.85. The van der Waals surface area contributed by atoms with Crippen molar-refractivity contribution in [2.24, 2.45) is 0 Å². The van der Waals surface area contributed by atoms with Crippen molar-refractivity contribution >= 4 is 51.2 Å². The number of halogens is 1. The van der Waals surface area contributed by atoms with E-state index in [0.29, 0.717) is 37.6 Å². The summed E-state index contributed by atoms with van der Waals surface area (Å²) < 4.78 is 13.3. The van der Waals surface area contributed by atoms with E-state index in [0.717, 1.165) is 52.6 Å². The minimum atomic E-state index is -1.15. The fourth-order valence-corrected chi connectivity index (χ4v) is 5.21. The molecule has 0 aliphatic carbocycles. The number of rotatable bonds is 14. The van der Waals surface area contributed by atoms with Gasteiger partial charge >= 0.3 is 5.97 Å². The Balaban J connectivity index is 1.54. The summed E-state index contributed by atoms with van der Waals surface area (Å²) in [6.07, 6.45) is 3.58. The van der Waals surface area contributed by atoms with E-state index in [2.05, 4.69) is 16.5 Å². The van der Waals surface area contributed by atoms with Gasteiger partial charge in [-0.25, -0.2) is 14.8 Å². The Morgan fingerprint density at radius 1 is 1.07 bits per heavy atom. The van der Waals surface area contributed by atoms with Crippen LogP contribution in [-0.2, 0) is 33.8 Å². The van der Waals surface area contributed by atoms with Crippen molar-refractivity contribution in [1.82, 2.24) is 19.4 Å². The summed E-state index contributed by atoms with van der Waals surface area (Å²) in [6, 6.07) is 15.3. The number of alkyl halides is 1. The number of ether oxygens (including phenoxy) is 2. The van der Waals surface area contributed by atoms with Crippen molar-refractivity contribution in [1.29, 1.82) is 0 Å². The monoisotopic (exact) mass is 593 g/mol. The van der Waals surface area contributed by atoms with Crippen LogP contribution in [-0.4, -0.2) is 55.9 Å². The molecule has 0 unspecified atom stereocenters. The van der Waals surface area contributed by atoms with Gasteiger partial charge in [0.15, 0.2) is 11.4 Å². The molecule has 0 saturated carbocycles. The molecule has 10 heteroatoms. The first kappa shape index (κ1) is 31.1. The third-order valence-corrected chi connectivity index (χ3v) is 7.36. The van der Waals surface area contributed by atoms with Crippen molar-refractivity contribution in [2.45, 2.75) is 72.1 Å². The van der Waals surface area contributed by atoms with Gasteiger partial charge in [0.25, 0.3) is 0 Å². The molecule has 1 amide bonds. The highest BCUT2D eigenvalue weighted by molar-refractivity contribution is 6.27. The molecular weight excluding hydrogens is 554 g/mol. The van der Waals surface area contributed by atoms with E-state index in [4.69, 9.17) is 31.8 Å². The van der Waals surface area contributed by atoms with E-state index in [-0.39, 0.29) is 18.4 Å². The molecule has 0 saturated heterocycles. The van der Waals surface area contributed by atoms with Crippen LogP contribution in [0.3, 0.4) is 0 Å². The standard InChI is InChI=1S/C32H40ClN5O4/c1-5-7-16-26-36-28-29(24-14-8-9-15-25(24)35-30(28)34)38(26)18-11-17-37(27(39)20-33)21-22-12-10-13-23(19-22)42-32(3,4)31(40)41-6-2/h8-10,12-15,19H,5-7,11,16-18,20-21H2,1-4H3,(H2,34,35). The van der Waals surface area contributed by atoms with E-state index < -0.39 is 11.6 Å². The number of pyridine rings is 1. The maximum absolute atomic E-state index is 12.9. The van der Waals surface area contributed by atoms with Gasteiger partial charge in [0.1, 0.15) is 23.0 Å². The van der Waals surface area contributed by atoms with Crippen LogP contribution in [0.4, 0.5) is 5.82 Å². The van der Waals surface area contributed by atoms with Crippen LogP contribution in [0.25, 0.3) is 21.9 Å². The van der Waals surface area contributed by atoms with Gasteiger partial charge in [-0.05, 0) is 57.4 Å². The number of amides is 1. The highest BCUT2D eigenvalue weighted by atomic mass is 35.5. The summed E-state index contributed by atoms with van der Waals surface area (Å²) >= 11 is 6.01. The molecule has 0 fully saturated rings. The minimum Gasteiger partial charge on any atom is -0.476 e. The van der Waals surface area contributed by atoms with Crippen LogP contribution in [0.1, 0.15) is 58.3 Å². The zero-order valence-electron chi connectivity index (χ0n) is 24.9. The molecule has 2 heterocycles. The Bertz CT molecular complexity index is 1550. The van der Waals surface area contributed by atoms with Gasteiger partial charge in [-0.15, -0.1) is 11.6 Å². The highest BCUT2D eigenvalue weighted by Gasteiger charge is 2.31. The molecule has 0 aliphatic heterocycles. The van der Waals surface area contributed by atoms with Crippen molar-refractivity contribution in [3.63, 3.8) is 0 Å². The molecule has 9 nitrogen and oxygen atoms in total. The van der Waals surface area contributed by atoms with Crippen molar-refractivity contribution in [3.05, 3.63) is 59.9 Å². The van der Waals surface area contributed by atoms with Gasteiger partial charge in [-0.1, -0.05) is 43.7 Å². The number of carbonyl (C=O) groups is 2. The maximum atomic E-state index is 12.9. The molecular formula is C32H40ClN5O4. The Morgan fingerprint density at radius 3 is 2.60 bits per heavy atom. The predicted octanol–water partition coefficient (Wildman–Crippen LogP) is 5.89. The van der Waals surface area contributed by atoms with Crippen LogP contribution >= 0.6 is 11.6 Å². The quantitative estimate of drug-likeness (QED) is 0.143. The topological polar surface area (TPSA) is 113 Å². The number of nitrogens with two attached hydrogens (primary N) is 1. The molecule has 2 aromatic heterocycles.